The van der Waals surface area contributed by atoms with Crippen LogP contribution in [-0.2, 0) is 9.53 Å². The van der Waals surface area contributed by atoms with E-state index in [9.17, 15) is 29.8 Å². The summed E-state index contributed by atoms with van der Waals surface area (Å²) >= 11 is 5.99. The van der Waals surface area contributed by atoms with Gasteiger partial charge in [-0.05, 0) is 38.5 Å². The Morgan fingerprint density at radius 1 is 1.07 bits per heavy atom. The molecule has 0 aliphatic heterocycles. The molecule has 0 saturated heterocycles. The van der Waals surface area contributed by atoms with E-state index in [1.165, 1.54) is 13.8 Å². The van der Waals surface area contributed by atoms with Crippen molar-refractivity contribution < 1.29 is 24.2 Å². The molecule has 2 rings (SSSR count). The maximum Gasteiger partial charge on any atom is 0.339 e. The summed E-state index contributed by atoms with van der Waals surface area (Å²) in [7, 11) is 0. The molecule has 0 spiro atoms. The molecule has 0 aliphatic carbocycles. The van der Waals surface area contributed by atoms with E-state index in [0.717, 1.165) is 12.1 Å². The second-order valence-corrected chi connectivity index (χ2v) is 6.51. The van der Waals surface area contributed by atoms with Gasteiger partial charge in [-0.15, -0.1) is 0 Å². The fraction of sp³-hybridized carbons (Fsp3) is 0.222. The Hall–Kier alpha value is -3.53. The van der Waals surface area contributed by atoms with Crippen molar-refractivity contribution in [2.24, 2.45) is 0 Å². The highest BCUT2D eigenvalue weighted by Crippen LogP contribution is 2.30. The number of nitro groups is 2. The number of rotatable bonds is 6. The SMILES string of the molecule is Cc1c(Cl)cccc1NC(=O)C(C)OC(=O)c1cc([N+](=O)[O-])c(C)c([N+](=O)[O-])c1. The van der Waals surface area contributed by atoms with Gasteiger partial charge in [-0.2, -0.15) is 0 Å². The maximum atomic E-state index is 12.3. The van der Waals surface area contributed by atoms with Crippen LogP contribution in [0.25, 0.3) is 0 Å². The molecule has 1 N–H and O–H groups in total. The molecule has 2 aromatic carbocycles. The summed E-state index contributed by atoms with van der Waals surface area (Å²) < 4.78 is 5.02. The Bertz CT molecular complexity index is 988. The van der Waals surface area contributed by atoms with E-state index < -0.39 is 44.8 Å². The zero-order valence-corrected chi connectivity index (χ0v) is 16.4. The first-order chi connectivity index (χ1) is 13.5. The number of carbonyl (C=O) groups is 2. The van der Waals surface area contributed by atoms with Gasteiger partial charge < -0.3 is 10.1 Å². The number of halogens is 1. The Kier molecular flexibility index (Phi) is 6.49. The van der Waals surface area contributed by atoms with Gasteiger partial charge in [0.15, 0.2) is 6.10 Å². The third-order valence-electron chi connectivity index (χ3n) is 4.16. The average molecular weight is 422 g/mol. The van der Waals surface area contributed by atoms with Gasteiger partial charge in [0.1, 0.15) is 5.56 Å². The molecule has 2 aromatic rings. The summed E-state index contributed by atoms with van der Waals surface area (Å²) in [5.74, 6) is -1.78. The quantitative estimate of drug-likeness (QED) is 0.422. The molecule has 0 aromatic heterocycles. The van der Waals surface area contributed by atoms with Gasteiger partial charge in [-0.1, -0.05) is 17.7 Å². The van der Waals surface area contributed by atoms with Crippen LogP contribution in [0.2, 0.25) is 5.02 Å². The van der Waals surface area contributed by atoms with E-state index in [1.54, 1.807) is 25.1 Å². The number of benzene rings is 2. The average Bonchev–Trinajstić information content (AvgIpc) is 2.64. The summed E-state index contributed by atoms with van der Waals surface area (Å²) in [6, 6.07) is 6.63. The van der Waals surface area contributed by atoms with Crippen LogP contribution in [0, 0.1) is 34.1 Å². The van der Waals surface area contributed by atoms with Crippen LogP contribution < -0.4 is 5.32 Å². The Morgan fingerprint density at radius 3 is 2.14 bits per heavy atom. The van der Waals surface area contributed by atoms with E-state index in [0.29, 0.717) is 16.3 Å². The number of amides is 1. The number of esters is 1. The number of nitrogens with zero attached hydrogens (tertiary/aromatic N) is 2. The highest BCUT2D eigenvalue weighted by Gasteiger charge is 2.27. The molecule has 152 valence electrons. The second kappa shape index (κ2) is 8.65. The third-order valence-corrected chi connectivity index (χ3v) is 4.57. The lowest BCUT2D eigenvalue weighted by Crippen LogP contribution is -2.30. The van der Waals surface area contributed by atoms with Gasteiger partial charge in [0.25, 0.3) is 17.3 Å². The standard InChI is InChI=1S/C18H16ClN3O7/c1-9-13(19)5-4-6-14(9)20-17(23)11(3)29-18(24)12-7-15(21(25)26)10(2)16(8-12)22(27)28/h4-8,11H,1-3H3,(H,20,23). The van der Waals surface area contributed by atoms with Crippen molar-refractivity contribution in [3.63, 3.8) is 0 Å². The largest absolute Gasteiger partial charge is 0.449 e. The molecule has 0 saturated carbocycles. The van der Waals surface area contributed by atoms with Crippen molar-refractivity contribution >= 4 is 40.5 Å². The summed E-state index contributed by atoms with van der Waals surface area (Å²) in [6.07, 6.45) is -1.28. The van der Waals surface area contributed by atoms with Gasteiger partial charge in [-0.3, -0.25) is 25.0 Å². The fourth-order valence-corrected chi connectivity index (χ4v) is 2.62. The summed E-state index contributed by atoms with van der Waals surface area (Å²) in [5, 5.41) is 25.2. The highest BCUT2D eigenvalue weighted by molar-refractivity contribution is 6.31. The van der Waals surface area contributed by atoms with Crippen LogP contribution in [0.1, 0.15) is 28.4 Å². The lowest BCUT2D eigenvalue weighted by Gasteiger charge is -2.15. The highest BCUT2D eigenvalue weighted by atomic mass is 35.5. The molecule has 1 atom stereocenters. The van der Waals surface area contributed by atoms with Crippen LogP contribution in [0.3, 0.4) is 0 Å². The molecular weight excluding hydrogens is 406 g/mol. The van der Waals surface area contributed by atoms with Crippen LogP contribution in [-0.4, -0.2) is 27.8 Å². The Balaban J connectivity index is 2.22. The van der Waals surface area contributed by atoms with Gasteiger partial charge in [0.2, 0.25) is 0 Å². The van der Waals surface area contributed by atoms with E-state index in [-0.39, 0.29) is 5.56 Å². The first-order valence-electron chi connectivity index (χ1n) is 8.23. The molecule has 1 unspecified atom stereocenters. The number of carbonyl (C=O) groups excluding carboxylic acids is 2. The second-order valence-electron chi connectivity index (χ2n) is 6.10. The van der Waals surface area contributed by atoms with Crippen molar-refractivity contribution in [3.05, 3.63) is 72.3 Å². The molecule has 10 nitrogen and oxygen atoms in total. The number of hydrogen-bond donors (Lipinski definition) is 1. The number of hydrogen-bond acceptors (Lipinski definition) is 7. The first kappa shape index (κ1) is 21.8. The molecule has 0 heterocycles. The number of nitro benzene ring substituents is 2. The molecule has 11 heteroatoms. The minimum atomic E-state index is -1.28. The molecule has 0 bridgehead atoms. The summed E-state index contributed by atoms with van der Waals surface area (Å²) in [6.45, 7) is 4.19. The topological polar surface area (TPSA) is 142 Å². The zero-order valence-electron chi connectivity index (χ0n) is 15.6. The van der Waals surface area contributed by atoms with Crippen molar-refractivity contribution in [1.82, 2.24) is 0 Å². The Morgan fingerprint density at radius 2 is 1.62 bits per heavy atom. The third kappa shape index (κ3) is 4.85. The monoisotopic (exact) mass is 421 g/mol. The lowest BCUT2D eigenvalue weighted by molar-refractivity contribution is -0.395. The van der Waals surface area contributed by atoms with Crippen LogP contribution in [0.4, 0.5) is 17.1 Å². The van der Waals surface area contributed by atoms with Gasteiger partial charge in [0.05, 0.1) is 15.4 Å². The van der Waals surface area contributed by atoms with Gasteiger partial charge in [-0.25, -0.2) is 4.79 Å². The number of nitrogens with one attached hydrogen (secondary N) is 1. The molecule has 0 radical (unpaired) electrons. The predicted molar refractivity (Wildman–Crippen MR) is 104 cm³/mol. The van der Waals surface area contributed by atoms with E-state index in [2.05, 4.69) is 5.32 Å². The van der Waals surface area contributed by atoms with Crippen LogP contribution >= 0.6 is 11.6 Å². The predicted octanol–water partition coefficient (Wildman–Crippen LogP) is 3.96. The van der Waals surface area contributed by atoms with Crippen molar-refractivity contribution in [1.29, 1.82) is 0 Å². The zero-order chi connectivity index (χ0) is 21.9. The summed E-state index contributed by atoms with van der Waals surface area (Å²) in [5.41, 5.74) is -0.764. The molecular formula is C18H16ClN3O7. The number of anilines is 1. The van der Waals surface area contributed by atoms with E-state index in [4.69, 9.17) is 16.3 Å². The van der Waals surface area contributed by atoms with E-state index in [1.807, 2.05) is 0 Å². The number of ether oxygens (including phenoxy) is 1. The summed E-state index contributed by atoms with van der Waals surface area (Å²) in [4.78, 5) is 45.2. The Labute approximate surface area is 169 Å². The minimum absolute atomic E-state index is 0.196. The molecule has 1 amide bonds. The smallest absolute Gasteiger partial charge is 0.339 e. The van der Waals surface area contributed by atoms with Crippen molar-refractivity contribution in [3.8, 4) is 0 Å². The van der Waals surface area contributed by atoms with Crippen LogP contribution in [0.15, 0.2) is 30.3 Å². The maximum absolute atomic E-state index is 12.3. The molecule has 29 heavy (non-hydrogen) atoms. The van der Waals surface area contributed by atoms with Crippen molar-refractivity contribution in [2.75, 3.05) is 5.32 Å². The molecule has 0 fully saturated rings. The lowest BCUT2D eigenvalue weighted by atomic mass is 10.1. The first-order valence-corrected chi connectivity index (χ1v) is 8.61. The van der Waals surface area contributed by atoms with Gasteiger partial charge in [0, 0.05) is 22.8 Å². The minimum Gasteiger partial charge on any atom is -0.449 e. The van der Waals surface area contributed by atoms with Gasteiger partial charge >= 0.3 is 5.97 Å². The fourth-order valence-electron chi connectivity index (χ4n) is 2.44. The van der Waals surface area contributed by atoms with Crippen LogP contribution in [0.5, 0.6) is 0 Å². The van der Waals surface area contributed by atoms with Crippen molar-refractivity contribution in [2.45, 2.75) is 26.9 Å². The van der Waals surface area contributed by atoms with E-state index >= 15 is 0 Å². The normalized spacial score (nSPS) is 11.4. The molecule has 0 aliphatic rings.